The van der Waals surface area contributed by atoms with Gasteiger partial charge in [-0.05, 0) is 45.0 Å². The molecule has 3 aromatic rings. The van der Waals surface area contributed by atoms with Gasteiger partial charge in [0.05, 0.1) is 11.2 Å². The van der Waals surface area contributed by atoms with Gasteiger partial charge in [0.2, 0.25) is 0 Å². The maximum Gasteiger partial charge on any atom is 0.278 e. The first-order valence-corrected chi connectivity index (χ1v) is 9.50. The number of hydrogen-bond donors (Lipinski definition) is 2. The number of carbonyl (C=O) groups excluding carboxylic acids is 1. The van der Waals surface area contributed by atoms with Gasteiger partial charge in [-0.1, -0.05) is 18.1 Å². The maximum absolute atomic E-state index is 12.6. The van der Waals surface area contributed by atoms with Crippen LogP contribution in [0.1, 0.15) is 41.0 Å². The maximum atomic E-state index is 12.6. The molecule has 0 aliphatic carbocycles. The highest BCUT2D eigenvalue weighted by Crippen LogP contribution is 2.22. The van der Waals surface area contributed by atoms with Gasteiger partial charge in [-0.2, -0.15) is 5.10 Å². The van der Waals surface area contributed by atoms with E-state index in [0.717, 1.165) is 41.8 Å². The van der Waals surface area contributed by atoms with Gasteiger partial charge in [0, 0.05) is 17.3 Å². The average Bonchev–Trinajstić information content (AvgIpc) is 3.22. The van der Waals surface area contributed by atoms with Crippen LogP contribution in [0.15, 0.2) is 23.6 Å². The average molecular weight is 355 g/mol. The second kappa shape index (κ2) is 6.93. The van der Waals surface area contributed by atoms with E-state index < -0.39 is 0 Å². The van der Waals surface area contributed by atoms with Gasteiger partial charge in [0.15, 0.2) is 10.8 Å². The van der Waals surface area contributed by atoms with Crippen LogP contribution < -0.4 is 5.32 Å². The molecule has 1 saturated heterocycles. The van der Waals surface area contributed by atoms with E-state index in [1.165, 1.54) is 30.6 Å². The number of benzene rings is 1. The van der Waals surface area contributed by atoms with Crippen LogP contribution >= 0.6 is 11.3 Å². The molecule has 0 spiro atoms. The number of fused-ring (bicyclic) bond motifs is 1. The van der Waals surface area contributed by atoms with Gasteiger partial charge in [-0.3, -0.25) is 20.1 Å². The molecule has 1 aromatic carbocycles. The van der Waals surface area contributed by atoms with Crippen molar-refractivity contribution in [3.05, 3.63) is 40.5 Å². The Hall–Kier alpha value is -2.25. The van der Waals surface area contributed by atoms with Crippen molar-refractivity contribution in [2.24, 2.45) is 0 Å². The van der Waals surface area contributed by atoms with Gasteiger partial charge in [0.25, 0.3) is 5.91 Å². The SMILES string of the molecule is Cc1ccc2[nH]nc(C(=O)Nc3nc(CN4CCCCC4)cs3)c2c1. The third-order valence-electron chi connectivity index (χ3n) is 4.54. The molecule has 6 nitrogen and oxygen atoms in total. The number of nitrogens with zero attached hydrogens (tertiary/aromatic N) is 3. The molecule has 130 valence electrons. The number of aromatic amines is 1. The van der Waals surface area contributed by atoms with Crippen LogP contribution in [0.3, 0.4) is 0 Å². The van der Waals surface area contributed by atoms with Crippen molar-refractivity contribution in [2.75, 3.05) is 18.4 Å². The van der Waals surface area contributed by atoms with Crippen LogP contribution in [-0.4, -0.2) is 39.1 Å². The number of H-pyrrole nitrogens is 1. The fourth-order valence-corrected chi connectivity index (χ4v) is 3.94. The minimum absolute atomic E-state index is 0.226. The van der Waals surface area contributed by atoms with E-state index in [1.54, 1.807) is 0 Å². The lowest BCUT2D eigenvalue weighted by molar-refractivity contribution is 0.102. The highest BCUT2D eigenvalue weighted by Gasteiger charge is 2.17. The molecule has 1 aliphatic rings. The zero-order valence-electron chi connectivity index (χ0n) is 14.2. The van der Waals surface area contributed by atoms with E-state index in [0.29, 0.717) is 10.8 Å². The monoisotopic (exact) mass is 355 g/mol. The van der Waals surface area contributed by atoms with Crippen LogP contribution in [0.2, 0.25) is 0 Å². The summed E-state index contributed by atoms with van der Waals surface area (Å²) in [6.07, 6.45) is 3.85. The molecule has 7 heteroatoms. The topological polar surface area (TPSA) is 73.9 Å². The van der Waals surface area contributed by atoms with Gasteiger partial charge in [-0.15, -0.1) is 11.3 Å². The Morgan fingerprint density at radius 2 is 2.16 bits per heavy atom. The third-order valence-corrected chi connectivity index (χ3v) is 5.35. The Labute approximate surface area is 150 Å². The first kappa shape index (κ1) is 16.2. The fourth-order valence-electron chi connectivity index (χ4n) is 3.24. The molecule has 0 atom stereocenters. The zero-order chi connectivity index (χ0) is 17.2. The summed E-state index contributed by atoms with van der Waals surface area (Å²) in [4.78, 5) is 19.5. The molecule has 2 aromatic heterocycles. The van der Waals surface area contributed by atoms with E-state index in [9.17, 15) is 4.79 Å². The Morgan fingerprint density at radius 3 is 3.00 bits per heavy atom. The van der Waals surface area contributed by atoms with E-state index in [1.807, 2.05) is 30.5 Å². The van der Waals surface area contributed by atoms with Crippen LogP contribution in [0, 0.1) is 6.92 Å². The number of likely N-dealkylation sites (tertiary alicyclic amines) is 1. The predicted molar refractivity (Wildman–Crippen MR) is 100 cm³/mol. The number of rotatable bonds is 4. The van der Waals surface area contributed by atoms with Gasteiger partial charge in [-0.25, -0.2) is 4.98 Å². The quantitative estimate of drug-likeness (QED) is 0.750. The number of amides is 1. The van der Waals surface area contributed by atoms with Gasteiger partial charge >= 0.3 is 0 Å². The van der Waals surface area contributed by atoms with Crippen molar-refractivity contribution in [1.82, 2.24) is 20.1 Å². The first-order valence-electron chi connectivity index (χ1n) is 8.62. The lowest BCUT2D eigenvalue weighted by Crippen LogP contribution is -2.29. The third kappa shape index (κ3) is 3.57. The molecular weight excluding hydrogens is 334 g/mol. The number of aryl methyl sites for hydroxylation is 1. The molecule has 25 heavy (non-hydrogen) atoms. The minimum Gasteiger partial charge on any atom is -0.297 e. The van der Waals surface area contributed by atoms with Crippen molar-refractivity contribution in [3.63, 3.8) is 0 Å². The summed E-state index contributed by atoms with van der Waals surface area (Å²) in [7, 11) is 0. The van der Waals surface area contributed by atoms with Crippen molar-refractivity contribution in [1.29, 1.82) is 0 Å². The molecular formula is C18H21N5OS. The van der Waals surface area contributed by atoms with E-state index >= 15 is 0 Å². The Bertz CT molecular complexity index is 894. The summed E-state index contributed by atoms with van der Waals surface area (Å²) in [5.41, 5.74) is 3.39. The summed E-state index contributed by atoms with van der Waals surface area (Å²) >= 11 is 1.46. The smallest absolute Gasteiger partial charge is 0.278 e. The number of thiazole rings is 1. The Balaban J connectivity index is 1.46. The van der Waals surface area contributed by atoms with E-state index in [4.69, 9.17) is 0 Å². The second-order valence-electron chi connectivity index (χ2n) is 6.56. The number of anilines is 1. The molecule has 0 saturated carbocycles. The summed E-state index contributed by atoms with van der Waals surface area (Å²) in [5, 5.41) is 13.4. The molecule has 1 amide bonds. The summed E-state index contributed by atoms with van der Waals surface area (Å²) in [5.74, 6) is -0.226. The predicted octanol–water partition coefficient (Wildman–Crippen LogP) is 3.57. The number of piperidine rings is 1. The number of hydrogen-bond acceptors (Lipinski definition) is 5. The minimum atomic E-state index is -0.226. The largest absolute Gasteiger partial charge is 0.297 e. The molecule has 0 radical (unpaired) electrons. The Kier molecular flexibility index (Phi) is 4.50. The van der Waals surface area contributed by atoms with Crippen molar-refractivity contribution in [3.8, 4) is 0 Å². The van der Waals surface area contributed by atoms with Crippen LogP contribution in [-0.2, 0) is 6.54 Å². The van der Waals surface area contributed by atoms with Crippen molar-refractivity contribution < 1.29 is 4.79 Å². The second-order valence-corrected chi connectivity index (χ2v) is 7.41. The summed E-state index contributed by atoms with van der Waals surface area (Å²) in [6, 6.07) is 5.90. The highest BCUT2D eigenvalue weighted by atomic mass is 32.1. The number of nitrogens with one attached hydrogen (secondary N) is 2. The lowest BCUT2D eigenvalue weighted by atomic mass is 10.1. The summed E-state index contributed by atoms with van der Waals surface area (Å²) in [6.45, 7) is 5.13. The van der Waals surface area contributed by atoms with Crippen LogP contribution in [0.25, 0.3) is 10.9 Å². The fraction of sp³-hybridized carbons (Fsp3) is 0.389. The molecule has 1 fully saturated rings. The number of carbonyl (C=O) groups is 1. The van der Waals surface area contributed by atoms with Gasteiger partial charge in [0.1, 0.15) is 0 Å². The van der Waals surface area contributed by atoms with Crippen LogP contribution in [0.4, 0.5) is 5.13 Å². The highest BCUT2D eigenvalue weighted by molar-refractivity contribution is 7.14. The molecule has 2 N–H and O–H groups in total. The molecule has 3 heterocycles. The molecule has 0 bridgehead atoms. The molecule has 0 unspecified atom stereocenters. The van der Waals surface area contributed by atoms with E-state index in [2.05, 4.69) is 25.4 Å². The molecule has 4 rings (SSSR count). The van der Waals surface area contributed by atoms with Crippen molar-refractivity contribution >= 4 is 33.3 Å². The Morgan fingerprint density at radius 1 is 1.32 bits per heavy atom. The number of aromatic nitrogens is 3. The standard InChI is InChI=1S/C18H21N5OS/c1-12-5-6-15-14(9-12)16(22-21-15)17(24)20-18-19-13(11-25-18)10-23-7-3-2-4-8-23/h5-6,9,11H,2-4,7-8,10H2,1H3,(H,21,22)(H,19,20,24). The van der Waals surface area contributed by atoms with Gasteiger partial charge < -0.3 is 0 Å². The van der Waals surface area contributed by atoms with Crippen LogP contribution in [0.5, 0.6) is 0 Å². The first-order chi connectivity index (χ1) is 12.2. The zero-order valence-corrected chi connectivity index (χ0v) is 15.0. The normalized spacial score (nSPS) is 15.6. The summed E-state index contributed by atoms with van der Waals surface area (Å²) < 4.78 is 0. The van der Waals surface area contributed by atoms with E-state index in [-0.39, 0.29) is 5.91 Å². The van der Waals surface area contributed by atoms with Crippen molar-refractivity contribution in [2.45, 2.75) is 32.7 Å². The lowest BCUT2D eigenvalue weighted by Gasteiger charge is -2.25. The molecule has 1 aliphatic heterocycles.